The van der Waals surface area contributed by atoms with Crippen molar-refractivity contribution in [2.24, 2.45) is 0 Å². The first kappa shape index (κ1) is 13.3. The van der Waals surface area contributed by atoms with E-state index in [2.05, 4.69) is 4.90 Å². The van der Waals surface area contributed by atoms with Crippen LogP contribution in [-0.2, 0) is 4.79 Å². The molecule has 1 aromatic carbocycles. The van der Waals surface area contributed by atoms with E-state index in [-0.39, 0.29) is 0 Å². The number of ketones is 1. The lowest BCUT2D eigenvalue weighted by Crippen LogP contribution is -2.52. The van der Waals surface area contributed by atoms with Crippen molar-refractivity contribution in [1.82, 2.24) is 0 Å². The van der Waals surface area contributed by atoms with E-state index in [1.54, 1.807) is 0 Å². The Labute approximate surface area is 123 Å². The van der Waals surface area contributed by atoms with Crippen LogP contribution in [0.15, 0.2) is 12.1 Å². The zero-order chi connectivity index (χ0) is 13.6. The molecule has 1 aromatic rings. The second-order valence-corrected chi connectivity index (χ2v) is 6.46. The van der Waals surface area contributed by atoms with Crippen LogP contribution in [0.5, 0.6) is 0 Å². The number of aryl methyl sites for hydroxylation is 1. The number of benzene rings is 1. The first-order chi connectivity index (χ1) is 9.06. The fourth-order valence-electron chi connectivity index (χ4n) is 3.40. The van der Waals surface area contributed by atoms with Gasteiger partial charge in [-0.25, -0.2) is 0 Å². The van der Waals surface area contributed by atoms with Crippen molar-refractivity contribution in [2.45, 2.75) is 51.1 Å². The first-order valence-electron chi connectivity index (χ1n) is 6.82. The molecule has 2 bridgehead atoms. The van der Waals surface area contributed by atoms with Crippen LogP contribution in [0, 0.1) is 6.92 Å². The minimum atomic E-state index is 0.302. The summed E-state index contributed by atoms with van der Waals surface area (Å²) in [6.07, 6.45) is 4.65. The summed E-state index contributed by atoms with van der Waals surface area (Å²) in [5.74, 6) is 0.389. The van der Waals surface area contributed by atoms with E-state index in [0.717, 1.165) is 34.1 Å². The molecule has 2 unspecified atom stereocenters. The summed E-state index contributed by atoms with van der Waals surface area (Å²) >= 11 is 12.6. The number of nitrogens with zero attached hydrogens (tertiary/aromatic N) is 1. The summed E-state index contributed by atoms with van der Waals surface area (Å²) < 4.78 is 0. The third-order valence-corrected chi connectivity index (χ3v) is 5.00. The van der Waals surface area contributed by atoms with Crippen molar-refractivity contribution in [3.05, 3.63) is 27.7 Å². The average molecular weight is 298 g/mol. The number of rotatable bonds is 1. The van der Waals surface area contributed by atoms with Crippen molar-refractivity contribution >= 4 is 34.7 Å². The Morgan fingerprint density at radius 3 is 2.37 bits per heavy atom. The molecule has 2 nitrogen and oxygen atoms in total. The lowest BCUT2D eigenvalue weighted by atomic mass is 9.83. The van der Waals surface area contributed by atoms with Crippen LogP contribution in [0.25, 0.3) is 0 Å². The Balaban J connectivity index is 2.01. The SMILES string of the molecule is Cc1cc(Cl)c(N2C3CCCC2CC(=O)C3)cc1Cl. The molecule has 2 aliphatic heterocycles. The minimum absolute atomic E-state index is 0.302. The highest BCUT2D eigenvalue weighted by Crippen LogP contribution is 2.41. The van der Waals surface area contributed by atoms with Gasteiger partial charge in [-0.3, -0.25) is 4.79 Å². The fourth-order valence-corrected chi connectivity index (χ4v) is 3.88. The van der Waals surface area contributed by atoms with Crippen molar-refractivity contribution in [1.29, 1.82) is 0 Å². The van der Waals surface area contributed by atoms with Crippen molar-refractivity contribution < 1.29 is 4.79 Å². The van der Waals surface area contributed by atoms with Crippen molar-refractivity contribution in [2.75, 3.05) is 4.90 Å². The van der Waals surface area contributed by atoms with Gasteiger partial charge in [-0.05, 0) is 43.9 Å². The van der Waals surface area contributed by atoms with Gasteiger partial charge in [-0.1, -0.05) is 23.2 Å². The third-order valence-electron chi connectivity index (χ3n) is 4.29. The summed E-state index contributed by atoms with van der Waals surface area (Å²) in [4.78, 5) is 14.1. The Morgan fingerprint density at radius 2 is 1.74 bits per heavy atom. The zero-order valence-electron chi connectivity index (χ0n) is 11.0. The van der Waals surface area contributed by atoms with E-state index in [1.165, 1.54) is 6.42 Å². The maximum atomic E-state index is 11.8. The number of fused-ring (bicyclic) bond motifs is 2. The van der Waals surface area contributed by atoms with Crippen LogP contribution in [-0.4, -0.2) is 17.9 Å². The molecule has 2 fully saturated rings. The fraction of sp³-hybridized carbons (Fsp3) is 0.533. The van der Waals surface area contributed by atoms with E-state index in [0.29, 0.717) is 30.7 Å². The van der Waals surface area contributed by atoms with Gasteiger partial charge in [0.05, 0.1) is 10.7 Å². The summed E-state index contributed by atoms with van der Waals surface area (Å²) in [5.41, 5.74) is 1.99. The van der Waals surface area contributed by atoms with Gasteiger partial charge in [-0.2, -0.15) is 0 Å². The summed E-state index contributed by atoms with van der Waals surface area (Å²) in [5, 5.41) is 1.49. The second-order valence-electron chi connectivity index (χ2n) is 5.65. The number of Topliss-reactive ketones (excluding diaryl/α,β-unsaturated/α-hetero) is 1. The van der Waals surface area contributed by atoms with Crippen LogP contribution < -0.4 is 4.90 Å². The van der Waals surface area contributed by atoms with Crippen LogP contribution >= 0.6 is 23.2 Å². The largest absolute Gasteiger partial charge is 0.363 e. The topological polar surface area (TPSA) is 20.3 Å². The number of anilines is 1. The molecule has 2 atom stereocenters. The van der Waals surface area contributed by atoms with Crippen molar-refractivity contribution in [3.63, 3.8) is 0 Å². The minimum Gasteiger partial charge on any atom is -0.363 e. The number of hydrogen-bond acceptors (Lipinski definition) is 2. The lowest BCUT2D eigenvalue weighted by molar-refractivity contribution is -0.121. The number of piperidine rings is 2. The smallest absolute Gasteiger partial charge is 0.137 e. The molecule has 19 heavy (non-hydrogen) atoms. The predicted molar refractivity (Wildman–Crippen MR) is 79.3 cm³/mol. The number of carbonyl (C=O) groups excluding carboxylic acids is 1. The lowest BCUT2D eigenvalue weighted by Gasteiger charge is -2.47. The Morgan fingerprint density at radius 1 is 1.11 bits per heavy atom. The highest BCUT2D eigenvalue weighted by molar-refractivity contribution is 6.35. The van der Waals surface area contributed by atoms with Crippen LogP contribution in [0.3, 0.4) is 0 Å². The number of hydrogen-bond donors (Lipinski definition) is 0. The van der Waals surface area contributed by atoms with Crippen LogP contribution in [0.4, 0.5) is 5.69 Å². The maximum absolute atomic E-state index is 11.8. The molecule has 0 saturated carbocycles. The normalized spacial score (nSPS) is 26.7. The summed E-state index contributed by atoms with van der Waals surface area (Å²) in [7, 11) is 0. The second kappa shape index (κ2) is 4.99. The van der Waals surface area contributed by atoms with E-state index in [1.807, 2.05) is 19.1 Å². The van der Waals surface area contributed by atoms with Gasteiger partial charge < -0.3 is 4.90 Å². The molecule has 0 radical (unpaired) electrons. The standard InChI is InChI=1S/C15H17Cl2NO/c1-9-5-14(17)15(8-13(9)16)18-10-3-2-4-11(18)7-12(19)6-10/h5,8,10-11H,2-4,6-7H2,1H3. The van der Waals surface area contributed by atoms with Gasteiger partial charge in [0.2, 0.25) is 0 Å². The van der Waals surface area contributed by atoms with Crippen LogP contribution in [0.1, 0.15) is 37.7 Å². The molecule has 0 aliphatic carbocycles. The first-order valence-corrected chi connectivity index (χ1v) is 7.57. The molecule has 0 aromatic heterocycles. The predicted octanol–water partition coefficient (Wildman–Crippen LogP) is 4.39. The van der Waals surface area contributed by atoms with Gasteiger partial charge in [0, 0.05) is 29.9 Å². The molecule has 0 spiro atoms. The molecule has 2 heterocycles. The number of halogens is 2. The summed E-state index contributed by atoms with van der Waals surface area (Å²) in [6, 6.07) is 4.48. The van der Waals surface area contributed by atoms with Crippen LogP contribution in [0.2, 0.25) is 10.0 Å². The monoisotopic (exact) mass is 297 g/mol. The Kier molecular flexibility index (Phi) is 3.48. The van der Waals surface area contributed by atoms with Gasteiger partial charge >= 0.3 is 0 Å². The molecule has 2 aliphatic rings. The Hall–Kier alpha value is -0.730. The zero-order valence-corrected chi connectivity index (χ0v) is 12.5. The highest BCUT2D eigenvalue weighted by atomic mass is 35.5. The molecule has 0 amide bonds. The van der Waals surface area contributed by atoms with Gasteiger partial charge in [-0.15, -0.1) is 0 Å². The molecule has 3 rings (SSSR count). The van der Waals surface area contributed by atoms with E-state index >= 15 is 0 Å². The summed E-state index contributed by atoms with van der Waals surface area (Å²) in [6.45, 7) is 1.96. The molecule has 4 heteroatoms. The average Bonchev–Trinajstić information content (AvgIpc) is 2.33. The molecule has 2 saturated heterocycles. The maximum Gasteiger partial charge on any atom is 0.137 e. The van der Waals surface area contributed by atoms with Gasteiger partial charge in [0.1, 0.15) is 5.78 Å². The molecular weight excluding hydrogens is 281 g/mol. The van der Waals surface area contributed by atoms with Crippen molar-refractivity contribution in [3.8, 4) is 0 Å². The number of carbonyl (C=O) groups is 1. The van der Waals surface area contributed by atoms with Gasteiger partial charge in [0.25, 0.3) is 0 Å². The quantitative estimate of drug-likeness (QED) is 0.766. The third kappa shape index (κ3) is 2.36. The van der Waals surface area contributed by atoms with E-state index in [4.69, 9.17) is 23.2 Å². The van der Waals surface area contributed by atoms with E-state index in [9.17, 15) is 4.79 Å². The van der Waals surface area contributed by atoms with E-state index < -0.39 is 0 Å². The molecule has 102 valence electrons. The van der Waals surface area contributed by atoms with Gasteiger partial charge in [0.15, 0.2) is 0 Å². The highest BCUT2D eigenvalue weighted by Gasteiger charge is 2.38. The molecular formula is C15H17Cl2NO. The molecule has 0 N–H and O–H groups in total. The Bertz CT molecular complexity index is 513.